The van der Waals surface area contributed by atoms with E-state index < -0.39 is 21.7 Å². The summed E-state index contributed by atoms with van der Waals surface area (Å²) in [6, 6.07) is 11.4. The summed E-state index contributed by atoms with van der Waals surface area (Å²) in [6.45, 7) is 0.938. The SMILES string of the molecule is COc1ccc(S(=O)(=O)N2CCCCC2)cc1NC(=O)c1cc(-c2cccc(F)c2)no1. The van der Waals surface area contributed by atoms with Gasteiger partial charge in [0.25, 0.3) is 5.91 Å². The van der Waals surface area contributed by atoms with Gasteiger partial charge in [0.2, 0.25) is 15.8 Å². The van der Waals surface area contributed by atoms with Crippen molar-refractivity contribution in [3.05, 3.63) is 60.1 Å². The second kappa shape index (κ2) is 9.09. The number of sulfonamides is 1. The maximum Gasteiger partial charge on any atom is 0.294 e. The van der Waals surface area contributed by atoms with Crippen molar-refractivity contribution in [2.45, 2.75) is 24.2 Å². The molecule has 4 rings (SSSR count). The van der Waals surface area contributed by atoms with E-state index in [0.29, 0.717) is 30.1 Å². The molecule has 1 N–H and O–H groups in total. The number of piperidine rings is 1. The maximum atomic E-state index is 13.5. The molecule has 1 aliphatic rings. The van der Waals surface area contributed by atoms with Crippen molar-refractivity contribution in [3.8, 4) is 17.0 Å². The number of halogens is 1. The molecule has 2 heterocycles. The molecule has 1 saturated heterocycles. The lowest BCUT2D eigenvalue weighted by Crippen LogP contribution is -2.35. The highest BCUT2D eigenvalue weighted by atomic mass is 32.2. The number of anilines is 1. The van der Waals surface area contributed by atoms with Gasteiger partial charge in [-0.2, -0.15) is 4.31 Å². The molecule has 2 aromatic carbocycles. The first-order valence-corrected chi connectivity index (χ1v) is 11.5. The standard InChI is InChI=1S/C22H22FN3O5S/c1-30-20-9-8-17(32(28,29)26-10-3-2-4-11-26)13-19(20)24-22(27)21-14-18(25-31-21)15-6-5-7-16(23)12-15/h5-9,12-14H,2-4,10-11H2,1H3,(H,24,27). The van der Waals surface area contributed by atoms with Crippen molar-refractivity contribution in [3.63, 3.8) is 0 Å². The molecule has 0 atom stereocenters. The third kappa shape index (κ3) is 4.51. The normalized spacial score (nSPS) is 14.8. The van der Waals surface area contributed by atoms with Gasteiger partial charge in [-0.3, -0.25) is 4.79 Å². The largest absolute Gasteiger partial charge is 0.495 e. The fourth-order valence-corrected chi connectivity index (χ4v) is 5.09. The Morgan fingerprint density at radius 3 is 2.62 bits per heavy atom. The average Bonchev–Trinajstić information content (AvgIpc) is 3.30. The van der Waals surface area contributed by atoms with E-state index in [1.54, 1.807) is 6.07 Å². The highest BCUT2D eigenvalue weighted by Crippen LogP contribution is 2.30. The number of nitrogens with one attached hydrogen (secondary N) is 1. The number of carbonyl (C=O) groups excluding carboxylic acids is 1. The summed E-state index contributed by atoms with van der Waals surface area (Å²) in [6.07, 6.45) is 2.64. The molecule has 1 aromatic heterocycles. The van der Waals surface area contributed by atoms with E-state index >= 15 is 0 Å². The van der Waals surface area contributed by atoms with Gasteiger partial charge in [0.15, 0.2) is 0 Å². The molecule has 0 aliphatic carbocycles. The summed E-state index contributed by atoms with van der Waals surface area (Å²) in [7, 11) is -2.27. The zero-order valence-electron chi connectivity index (χ0n) is 17.4. The second-order valence-corrected chi connectivity index (χ2v) is 9.31. The fourth-order valence-electron chi connectivity index (χ4n) is 3.55. The minimum atomic E-state index is -3.69. The van der Waals surface area contributed by atoms with E-state index in [4.69, 9.17) is 9.26 Å². The smallest absolute Gasteiger partial charge is 0.294 e. The lowest BCUT2D eigenvalue weighted by atomic mass is 10.1. The molecule has 0 saturated carbocycles. The molecule has 32 heavy (non-hydrogen) atoms. The van der Waals surface area contributed by atoms with Crippen molar-refractivity contribution < 1.29 is 26.9 Å². The number of hydrogen-bond acceptors (Lipinski definition) is 6. The number of ether oxygens (including phenoxy) is 1. The molecular weight excluding hydrogens is 437 g/mol. The van der Waals surface area contributed by atoms with Gasteiger partial charge < -0.3 is 14.6 Å². The number of amides is 1. The van der Waals surface area contributed by atoms with E-state index in [2.05, 4.69) is 10.5 Å². The second-order valence-electron chi connectivity index (χ2n) is 7.37. The zero-order chi connectivity index (χ0) is 22.7. The van der Waals surface area contributed by atoms with Crippen LogP contribution in [0.25, 0.3) is 11.3 Å². The predicted molar refractivity (Wildman–Crippen MR) is 115 cm³/mol. The minimum Gasteiger partial charge on any atom is -0.495 e. The Kier molecular flexibility index (Phi) is 6.24. The molecule has 8 nitrogen and oxygen atoms in total. The summed E-state index contributed by atoms with van der Waals surface area (Å²) in [4.78, 5) is 12.8. The quantitative estimate of drug-likeness (QED) is 0.600. The molecule has 1 fully saturated rings. The third-order valence-electron chi connectivity index (χ3n) is 5.23. The highest BCUT2D eigenvalue weighted by Gasteiger charge is 2.27. The topological polar surface area (TPSA) is 102 Å². The molecule has 3 aromatic rings. The van der Waals surface area contributed by atoms with Gasteiger partial charge >= 0.3 is 0 Å². The predicted octanol–water partition coefficient (Wildman–Crippen LogP) is 3.92. The maximum absolute atomic E-state index is 13.5. The van der Waals surface area contributed by atoms with Crippen LogP contribution in [-0.4, -0.2) is 44.0 Å². The average molecular weight is 459 g/mol. The Morgan fingerprint density at radius 2 is 1.91 bits per heavy atom. The van der Waals surface area contributed by atoms with Crippen molar-refractivity contribution in [1.82, 2.24) is 9.46 Å². The first kappa shape index (κ1) is 22.0. The van der Waals surface area contributed by atoms with Gasteiger partial charge in [-0.1, -0.05) is 23.7 Å². The van der Waals surface area contributed by atoms with Gasteiger partial charge in [-0.25, -0.2) is 12.8 Å². The highest BCUT2D eigenvalue weighted by molar-refractivity contribution is 7.89. The summed E-state index contributed by atoms with van der Waals surface area (Å²) in [5.41, 5.74) is 0.933. The Labute approximate surface area is 185 Å². The van der Waals surface area contributed by atoms with Crippen LogP contribution in [0.4, 0.5) is 10.1 Å². The van der Waals surface area contributed by atoms with Crippen LogP contribution in [0.2, 0.25) is 0 Å². The molecule has 0 unspecified atom stereocenters. The van der Waals surface area contributed by atoms with Gasteiger partial charge in [0.1, 0.15) is 17.3 Å². The van der Waals surface area contributed by atoms with Crippen LogP contribution in [0.15, 0.2) is 57.9 Å². The number of nitrogens with zero attached hydrogens (tertiary/aromatic N) is 2. The summed E-state index contributed by atoms with van der Waals surface area (Å²) in [5, 5.41) is 6.43. The molecule has 1 aliphatic heterocycles. The Morgan fingerprint density at radius 1 is 1.12 bits per heavy atom. The molecule has 0 spiro atoms. The Bertz CT molecular complexity index is 1240. The molecule has 0 bridgehead atoms. The molecule has 1 amide bonds. The van der Waals surface area contributed by atoms with Gasteiger partial charge in [0.05, 0.1) is 17.7 Å². The number of aromatic nitrogens is 1. The van der Waals surface area contributed by atoms with Crippen LogP contribution in [-0.2, 0) is 10.0 Å². The van der Waals surface area contributed by atoms with Gasteiger partial charge in [-0.15, -0.1) is 0 Å². The first-order valence-electron chi connectivity index (χ1n) is 10.1. The van der Waals surface area contributed by atoms with Crippen LogP contribution in [0, 0.1) is 5.82 Å². The van der Waals surface area contributed by atoms with Crippen LogP contribution in [0.3, 0.4) is 0 Å². The van der Waals surface area contributed by atoms with E-state index in [9.17, 15) is 17.6 Å². The lowest BCUT2D eigenvalue weighted by molar-refractivity contribution is 0.0987. The van der Waals surface area contributed by atoms with E-state index in [0.717, 1.165) is 19.3 Å². The van der Waals surface area contributed by atoms with Gasteiger partial charge in [0, 0.05) is 24.7 Å². The Balaban J connectivity index is 1.58. The van der Waals surface area contributed by atoms with E-state index in [1.807, 2.05) is 0 Å². The minimum absolute atomic E-state index is 0.0634. The monoisotopic (exact) mass is 459 g/mol. The number of rotatable bonds is 6. The van der Waals surface area contributed by atoms with Crippen LogP contribution in [0.1, 0.15) is 29.8 Å². The van der Waals surface area contributed by atoms with Gasteiger partial charge in [-0.05, 0) is 43.2 Å². The van der Waals surface area contributed by atoms with Crippen molar-refractivity contribution in [2.24, 2.45) is 0 Å². The lowest BCUT2D eigenvalue weighted by Gasteiger charge is -2.26. The van der Waals surface area contributed by atoms with Crippen LogP contribution >= 0.6 is 0 Å². The van der Waals surface area contributed by atoms with Crippen molar-refractivity contribution in [2.75, 3.05) is 25.5 Å². The van der Waals surface area contributed by atoms with E-state index in [-0.39, 0.29) is 16.3 Å². The van der Waals surface area contributed by atoms with Crippen LogP contribution in [0.5, 0.6) is 5.75 Å². The number of hydrogen-bond donors (Lipinski definition) is 1. The molecule has 168 valence electrons. The first-order chi connectivity index (χ1) is 15.4. The molecule has 0 radical (unpaired) electrons. The van der Waals surface area contributed by atoms with E-state index in [1.165, 1.54) is 53.9 Å². The summed E-state index contributed by atoms with van der Waals surface area (Å²) in [5.74, 6) is -0.907. The number of benzene rings is 2. The fraction of sp³-hybridized carbons (Fsp3) is 0.273. The zero-order valence-corrected chi connectivity index (χ0v) is 18.2. The Hall–Kier alpha value is -3.24. The summed E-state index contributed by atoms with van der Waals surface area (Å²) >= 11 is 0. The third-order valence-corrected chi connectivity index (χ3v) is 7.12. The molecular formula is C22H22FN3O5S. The van der Waals surface area contributed by atoms with Crippen molar-refractivity contribution in [1.29, 1.82) is 0 Å². The molecule has 10 heteroatoms. The number of carbonyl (C=O) groups is 1. The number of methoxy groups -OCH3 is 1. The van der Waals surface area contributed by atoms with Crippen LogP contribution < -0.4 is 10.1 Å². The van der Waals surface area contributed by atoms with Crippen molar-refractivity contribution >= 4 is 21.6 Å². The summed E-state index contributed by atoms with van der Waals surface area (Å²) < 4.78 is 51.3.